The first-order valence-corrected chi connectivity index (χ1v) is 11.2. The molecule has 0 saturated carbocycles. The molecule has 0 spiro atoms. The van der Waals surface area contributed by atoms with E-state index in [-0.39, 0.29) is 20.1 Å². The Labute approximate surface area is 229 Å². The maximum atomic E-state index is 4.59. The van der Waals surface area contributed by atoms with E-state index in [1.165, 1.54) is 0 Å². The monoisotopic (exact) mass is 656 g/mol. The summed E-state index contributed by atoms with van der Waals surface area (Å²) in [6.07, 6.45) is 10.3. The number of benzene rings is 3. The van der Waals surface area contributed by atoms with Crippen molar-refractivity contribution >= 4 is 0 Å². The first-order chi connectivity index (χ1) is 17.9. The van der Waals surface area contributed by atoms with Crippen LogP contribution in [-0.4, -0.2) is 29.9 Å². The minimum atomic E-state index is 0. The first-order valence-electron chi connectivity index (χ1n) is 11.2. The fourth-order valence-electron chi connectivity index (χ4n) is 3.34. The summed E-state index contributed by atoms with van der Waals surface area (Å²) in [6, 6.07) is 34.4. The molecule has 0 aliphatic carbocycles. The second-order valence-electron chi connectivity index (χ2n) is 7.46. The number of nitrogens with zero attached hydrogens (tertiary/aromatic N) is 6. The SMILES string of the molecule is [Ir+3].[c-]1c(-c2ncccn2)cccc1-c1ncccn1.[c-]1ccccc1-c1cncc(-c2[c-]cccc2)n1. The zero-order valence-corrected chi connectivity index (χ0v) is 21.9. The predicted octanol–water partition coefficient (Wildman–Crippen LogP) is 5.81. The van der Waals surface area contributed by atoms with Crippen LogP contribution in [0.3, 0.4) is 0 Å². The Balaban J connectivity index is 0.000000168. The molecule has 178 valence electrons. The van der Waals surface area contributed by atoms with Gasteiger partial charge in [0.2, 0.25) is 0 Å². The minimum Gasteiger partial charge on any atom is -0.342 e. The normalized spacial score (nSPS) is 9.95. The quantitative estimate of drug-likeness (QED) is 0.223. The molecule has 37 heavy (non-hydrogen) atoms. The Morgan fingerprint density at radius 1 is 0.486 bits per heavy atom. The van der Waals surface area contributed by atoms with E-state index in [0.717, 1.165) is 33.6 Å². The van der Waals surface area contributed by atoms with Crippen LogP contribution in [0.2, 0.25) is 0 Å². The molecule has 0 atom stereocenters. The van der Waals surface area contributed by atoms with Gasteiger partial charge >= 0.3 is 20.1 Å². The van der Waals surface area contributed by atoms with E-state index in [9.17, 15) is 0 Å². The second-order valence-corrected chi connectivity index (χ2v) is 7.46. The summed E-state index contributed by atoms with van der Waals surface area (Å²) in [5.41, 5.74) is 5.21. The van der Waals surface area contributed by atoms with Crippen LogP contribution in [0, 0.1) is 18.2 Å². The number of rotatable bonds is 4. The molecule has 0 fully saturated rings. The van der Waals surface area contributed by atoms with Crippen LogP contribution in [0.1, 0.15) is 0 Å². The summed E-state index contributed by atoms with van der Waals surface area (Å²) in [7, 11) is 0. The zero-order valence-electron chi connectivity index (χ0n) is 19.5. The van der Waals surface area contributed by atoms with Gasteiger partial charge in [0, 0.05) is 37.2 Å². The standard InChI is InChI=1S/C16H10N2.C14H9N4.Ir/c1-3-7-13(8-4-1)15-11-17-12-16(18-15)14-9-5-2-6-10-14;1-4-11(13-15-6-2-7-16-13)10-12(5-1)14-17-8-3-9-18-14;/h1-7,9,11-12H;1-9H;/q-2;-1;+3. The Kier molecular flexibility index (Phi) is 9.02. The van der Waals surface area contributed by atoms with Crippen molar-refractivity contribution in [3.8, 4) is 45.3 Å². The third kappa shape index (κ3) is 6.82. The molecule has 0 saturated heterocycles. The Bertz CT molecular complexity index is 1290. The van der Waals surface area contributed by atoms with Crippen molar-refractivity contribution in [1.29, 1.82) is 0 Å². The molecule has 6 rings (SSSR count). The minimum absolute atomic E-state index is 0. The van der Waals surface area contributed by atoms with Gasteiger partial charge in [0.1, 0.15) is 0 Å². The van der Waals surface area contributed by atoms with Crippen molar-refractivity contribution < 1.29 is 20.1 Å². The smallest absolute Gasteiger partial charge is 0.342 e. The zero-order chi connectivity index (χ0) is 24.4. The van der Waals surface area contributed by atoms with E-state index in [1.807, 2.05) is 66.7 Å². The summed E-state index contributed by atoms with van der Waals surface area (Å²) in [5, 5.41) is 0. The van der Waals surface area contributed by atoms with Gasteiger partial charge in [-0.2, -0.15) is 0 Å². The molecule has 3 aromatic heterocycles. The molecule has 0 aliphatic heterocycles. The fraction of sp³-hybridized carbons (Fsp3) is 0. The van der Waals surface area contributed by atoms with Gasteiger partial charge in [-0.3, -0.25) is 24.9 Å². The molecule has 0 unspecified atom stereocenters. The Hall–Kier alpha value is -4.45. The maximum Gasteiger partial charge on any atom is 3.00 e. The largest absolute Gasteiger partial charge is 3.00 e. The van der Waals surface area contributed by atoms with E-state index in [0.29, 0.717) is 11.6 Å². The fourth-order valence-corrected chi connectivity index (χ4v) is 3.34. The van der Waals surface area contributed by atoms with E-state index in [4.69, 9.17) is 0 Å². The summed E-state index contributed by atoms with van der Waals surface area (Å²) in [6.45, 7) is 0. The van der Waals surface area contributed by atoms with Crippen LogP contribution in [-0.2, 0) is 20.1 Å². The third-order valence-electron chi connectivity index (χ3n) is 5.01. The van der Waals surface area contributed by atoms with Crippen molar-refractivity contribution in [3.05, 3.63) is 134 Å². The van der Waals surface area contributed by atoms with Crippen molar-refractivity contribution in [2.75, 3.05) is 0 Å². The number of aromatic nitrogens is 6. The van der Waals surface area contributed by atoms with Crippen molar-refractivity contribution in [2.24, 2.45) is 0 Å². The Morgan fingerprint density at radius 2 is 0.946 bits per heavy atom. The molecule has 0 amide bonds. The van der Waals surface area contributed by atoms with Crippen LogP contribution < -0.4 is 0 Å². The summed E-state index contributed by atoms with van der Waals surface area (Å²) in [5.74, 6) is 1.30. The molecule has 0 bridgehead atoms. The van der Waals surface area contributed by atoms with Gasteiger partial charge in [0.15, 0.2) is 0 Å². The average Bonchev–Trinajstić information content (AvgIpc) is 2.99. The molecule has 7 heteroatoms. The molecule has 0 aliphatic rings. The third-order valence-corrected chi connectivity index (χ3v) is 5.01. The van der Waals surface area contributed by atoms with Crippen LogP contribution >= 0.6 is 0 Å². The van der Waals surface area contributed by atoms with Crippen LogP contribution in [0.15, 0.2) is 116 Å². The average molecular weight is 656 g/mol. The summed E-state index contributed by atoms with van der Waals surface area (Å²) < 4.78 is 0. The van der Waals surface area contributed by atoms with Gasteiger partial charge in [-0.1, -0.05) is 11.1 Å². The van der Waals surface area contributed by atoms with Crippen molar-refractivity contribution in [2.45, 2.75) is 0 Å². The van der Waals surface area contributed by atoms with Crippen molar-refractivity contribution in [3.63, 3.8) is 0 Å². The van der Waals surface area contributed by atoms with E-state index in [2.05, 4.69) is 48.1 Å². The van der Waals surface area contributed by atoms with Gasteiger partial charge < -0.3 is 4.98 Å². The number of hydrogen-bond acceptors (Lipinski definition) is 6. The van der Waals surface area contributed by atoms with Crippen LogP contribution in [0.5, 0.6) is 0 Å². The van der Waals surface area contributed by atoms with Gasteiger partial charge in [0.25, 0.3) is 0 Å². The molecule has 6 nitrogen and oxygen atoms in total. The van der Waals surface area contributed by atoms with E-state index >= 15 is 0 Å². The molecular weight excluding hydrogens is 637 g/mol. The van der Waals surface area contributed by atoms with E-state index in [1.54, 1.807) is 49.3 Å². The van der Waals surface area contributed by atoms with Gasteiger partial charge in [-0.25, -0.2) is 0 Å². The molecule has 0 N–H and O–H groups in total. The number of hydrogen-bond donors (Lipinski definition) is 0. The summed E-state index contributed by atoms with van der Waals surface area (Å²) >= 11 is 0. The topological polar surface area (TPSA) is 77.3 Å². The second kappa shape index (κ2) is 13.0. The van der Waals surface area contributed by atoms with Crippen LogP contribution in [0.25, 0.3) is 45.3 Å². The predicted molar refractivity (Wildman–Crippen MR) is 138 cm³/mol. The van der Waals surface area contributed by atoms with Crippen molar-refractivity contribution in [1.82, 2.24) is 29.9 Å². The van der Waals surface area contributed by atoms with Crippen LogP contribution in [0.4, 0.5) is 0 Å². The molecule has 3 aromatic carbocycles. The van der Waals surface area contributed by atoms with Gasteiger partial charge in [-0.15, -0.1) is 96.1 Å². The molecule has 6 aromatic rings. The van der Waals surface area contributed by atoms with Gasteiger partial charge in [-0.05, 0) is 23.5 Å². The molecule has 0 radical (unpaired) electrons. The Morgan fingerprint density at radius 3 is 1.38 bits per heavy atom. The molecular formula is C30H19IrN6. The van der Waals surface area contributed by atoms with Gasteiger partial charge in [0.05, 0.1) is 11.6 Å². The first kappa shape index (κ1) is 25.6. The summed E-state index contributed by atoms with van der Waals surface area (Å²) in [4.78, 5) is 25.6. The maximum absolute atomic E-state index is 4.59. The van der Waals surface area contributed by atoms with E-state index < -0.39 is 0 Å². The molecule has 3 heterocycles.